The summed E-state index contributed by atoms with van der Waals surface area (Å²) in [7, 11) is 0. The average Bonchev–Trinajstić information content (AvgIpc) is 3.39. The second-order valence-electron chi connectivity index (χ2n) is 6.84. The van der Waals surface area contributed by atoms with Crippen LogP contribution in [0.5, 0.6) is 0 Å². The maximum Gasteiger partial charge on any atom is 0.296 e. The van der Waals surface area contributed by atoms with Gasteiger partial charge in [-0.05, 0) is 43.0 Å². The van der Waals surface area contributed by atoms with Crippen molar-refractivity contribution < 1.29 is 19.1 Å². The molecule has 5 nitrogen and oxygen atoms in total. The van der Waals surface area contributed by atoms with Crippen LogP contribution < -0.4 is 0 Å². The van der Waals surface area contributed by atoms with E-state index in [0.29, 0.717) is 11.3 Å². The van der Waals surface area contributed by atoms with Crippen molar-refractivity contribution in [3.05, 3.63) is 87.0 Å². The number of ketones is 1. The average molecular weight is 393 g/mol. The van der Waals surface area contributed by atoms with Crippen LogP contribution in [-0.2, 0) is 16.1 Å². The molecule has 1 fully saturated rings. The van der Waals surface area contributed by atoms with Crippen LogP contribution >= 0.6 is 11.3 Å². The highest BCUT2D eigenvalue weighted by molar-refractivity contribution is 7.10. The Morgan fingerprint density at radius 2 is 1.89 bits per heavy atom. The number of aliphatic hydroxyl groups excluding tert-OH is 1. The minimum absolute atomic E-state index is 0.117. The minimum atomic E-state index is -0.678. The molecule has 0 bridgehead atoms. The van der Waals surface area contributed by atoms with Gasteiger partial charge in [0.2, 0.25) is 0 Å². The first-order valence-corrected chi connectivity index (χ1v) is 9.77. The van der Waals surface area contributed by atoms with Gasteiger partial charge in [-0.1, -0.05) is 29.8 Å². The number of hydrogen-bond acceptors (Lipinski definition) is 5. The van der Waals surface area contributed by atoms with Crippen LogP contribution in [0.1, 0.15) is 33.4 Å². The Balaban J connectivity index is 1.87. The zero-order valence-electron chi connectivity index (χ0n) is 15.5. The second kappa shape index (κ2) is 7.13. The van der Waals surface area contributed by atoms with Crippen molar-refractivity contribution in [1.29, 1.82) is 0 Å². The van der Waals surface area contributed by atoms with Crippen molar-refractivity contribution >= 4 is 28.8 Å². The van der Waals surface area contributed by atoms with Crippen molar-refractivity contribution in [2.45, 2.75) is 26.4 Å². The summed E-state index contributed by atoms with van der Waals surface area (Å²) in [6.45, 7) is 4.04. The normalized spacial score (nSPS) is 18.8. The van der Waals surface area contributed by atoms with Gasteiger partial charge >= 0.3 is 0 Å². The third kappa shape index (κ3) is 3.05. The molecule has 1 aliphatic heterocycles. The molecule has 3 heterocycles. The van der Waals surface area contributed by atoms with Crippen LogP contribution in [0.3, 0.4) is 0 Å². The van der Waals surface area contributed by atoms with Gasteiger partial charge in [-0.2, -0.15) is 0 Å². The number of thiophene rings is 1. The van der Waals surface area contributed by atoms with Crippen molar-refractivity contribution in [3.63, 3.8) is 0 Å². The number of furan rings is 1. The molecule has 1 amide bonds. The van der Waals surface area contributed by atoms with Crippen LogP contribution in [0.2, 0.25) is 0 Å². The Kier molecular flexibility index (Phi) is 4.65. The third-order valence-corrected chi connectivity index (χ3v) is 5.99. The lowest BCUT2D eigenvalue weighted by atomic mass is 9.98. The van der Waals surface area contributed by atoms with E-state index < -0.39 is 17.7 Å². The van der Waals surface area contributed by atoms with Gasteiger partial charge in [-0.25, -0.2) is 0 Å². The monoisotopic (exact) mass is 393 g/mol. The smallest absolute Gasteiger partial charge is 0.296 e. The maximum absolute atomic E-state index is 12.9. The summed E-state index contributed by atoms with van der Waals surface area (Å²) >= 11 is 1.46. The molecule has 1 aliphatic rings. The van der Waals surface area contributed by atoms with E-state index in [0.717, 1.165) is 16.0 Å². The number of Topliss-reactive ketones (excluding diaryl/α,β-unsaturated/α-hetero) is 1. The Hall–Kier alpha value is -3.12. The van der Waals surface area contributed by atoms with Crippen LogP contribution in [0, 0.1) is 13.8 Å². The summed E-state index contributed by atoms with van der Waals surface area (Å²) in [6.07, 6.45) is 1.53. The predicted octanol–water partition coefficient (Wildman–Crippen LogP) is 4.58. The number of rotatable bonds is 4. The van der Waals surface area contributed by atoms with Gasteiger partial charge < -0.3 is 14.4 Å². The van der Waals surface area contributed by atoms with Gasteiger partial charge in [0.05, 0.1) is 18.4 Å². The van der Waals surface area contributed by atoms with Crippen LogP contribution in [0.15, 0.2) is 64.1 Å². The summed E-state index contributed by atoms with van der Waals surface area (Å²) < 4.78 is 5.39. The number of carbonyl (C=O) groups is 2. The van der Waals surface area contributed by atoms with Crippen LogP contribution in [-0.4, -0.2) is 21.7 Å². The molecule has 1 atom stereocenters. The molecule has 2 aromatic heterocycles. The Labute approximate surface area is 166 Å². The van der Waals surface area contributed by atoms with Crippen molar-refractivity contribution in [2.75, 3.05) is 0 Å². The van der Waals surface area contributed by atoms with E-state index in [1.807, 2.05) is 37.4 Å². The molecule has 3 aromatic rings. The number of likely N-dealkylation sites (tertiary alicyclic amines) is 1. The second-order valence-corrected chi connectivity index (χ2v) is 7.79. The van der Waals surface area contributed by atoms with Gasteiger partial charge in [0.15, 0.2) is 0 Å². The van der Waals surface area contributed by atoms with E-state index in [9.17, 15) is 14.7 Å². The molecule has 1 saturated heterocycles. The molecule has 6 heteroatoms. The molecule has 0 radical (unpaired) electrons. The summed E-state index contributed by atoms with van der Waals surface area (Å²) in [5.74, 6) is -0.889. The van der Waals surface area contributed by atoms with Gasteiger partial charge in [0.25, 0.3) is 11.7 Å². The number of benzene rings is 1. The first-order chi connectivity index (χ1) is 13.5. The van der Waals surface area contributed by atoms with E-state index in [1.165, 1.54) is 22.5 Å². The fourth-order valence-corrected chi connectivity index (χ4v) is 4.46. The maximum atomic E-state index is 12.9. The zero-order valence-corrected chi connectivity index (χ0v) is 16.3. The van der Waals surface area contributed by atoms with Crippen molar-refractivity contribution in [3.8, 4) is 0 Å². The Morgan fingerprint density at radius 1 is 1.14 bits per heavy atom. The quantitative estimate of drug-likeness (QED) is 0.400. The zero-order chi connectivity index (χ0) is 19.8. The number of nitrogens with zero attached hydrogens (tertiary/aromatic N) is 1. The summed E-state index contributed by atoms with van der Waals surface area (Å²) in [5.41, 5.74) is 2.64. The van der Waals surface area contributed by atoms with Gasteiger partial charge in [-0.15, -0.1) is 11.3 Å². The van der Waals surface area contributed by atoms with Crippen molar-refractivity contribution in [1.82, 2.24) is 4.90 Å². The lowest BCUT2D eigenvalue weighted by Gasteiger charge is -2.24. The van der Waals surface area contributed by atoms with Gasteiger partial charge in [0, 0.05) is 10.4 Å². The van der Waals surface area contributed by atoms with E-state index in [-0.39, 0.29) is 17.9 Å². The minimum Gasteiger partial charge on any atom is -0.507 e. The Morgan fingerprint density at radius 3 is 2.50 bits per heavy atom. The molecule has 142 valence electrons. The number of amides is 1. The van der Waals surface area contributed by atoms with E-state index in [2.05, 4.69) is 0 Å². The molecule has 0 saturated carbocycles. The molecule has 28 heavy (non-hydrogen) atoms. The fourth-order valence-electron chi connectivity index (χ4n) is 3.42. The highest BCUT2D eigenvalue weighted by Crippen LogP contribution is 2.43. The number of hydrogen-bond donors (Lipinski definition) is 1. The van der Waals surface area contributed by atoms with Gasteiger partial charge in [-0.3, -0.25) is 9.59 Å². The molecule has 0 aliphatic carbocycles. The van der Waals surface area contributed by atoms with Gasteiger partial charge in [0.1, 0.15) is 17.6 Å². The van der Waals surface area contributed by atoms with Crippen molar-refractivity contribution in [2.24, 2.45) is 0 Å². The molecule has 1 aromatic carbocycles. The molecule has 4 rings (SSSR count). The standard InChI is InChI=1S/C22H19NO4S/c1-13-5-7-15(8-6-13)19(24)17-18(21-14(2)9-11-28-21)23(22(26)20(17)25)12-16-4-3-10-27-16/h3-11,18,24H,12H2,1-2H3/b19-17-. The lowest BCUT2D eigenvalue weighted by molar-refractivity contribution is -0.140. The third-order valence-electron chi connectivity index (χ3n) is 4.92. The first kappa shape index (κ1) is 18.3. The van der Waals surface area contributed by atoms with E-state index in [4.69, 9.17) is 4.42 Å². The van der Waals surface area contributed by atoms with E-state index >= 15 is 0 Å². The highest BCUT2D eigenvalue weighted by Gasteiger charge is 2.47. The van der Waals surface area contributed by atoms with Crippen LogP contribution in [0.4, 0.5) is 0 Å². The highest BCUT2D eigenvalue weighted by atomic mass is 32.1. The molecular formula is C22H19NO4S. The van der Waals surface area contributed by atoms with Crippen LogP contribution in [0.25, 0.3) is 5.76 Å². The number of carbonyl (C=O) groups excluding carboxylic acids is 2. The molecule has 0 spiro atoms. The lowest BCUT2D eigenvalue weighted by Crippen LogP contribution is -2.28. The SMILES string of the molecule is Cc1ccc(/C(O)=C2/C(=O)C(=O)N(Cc3ccco3)C2c2sccc2C)cc1. The molecular weight excluding hydrogens is 374 g/mol. The molecule has 1 N–H and O–H groups in total. The van der Waals surface area contributed by atoms with E-state index in [1.54, 1.807) is 24.3 Å². The number of aryl methyl sites for hydroxylation is 2. The predicted molar refractivity (Wildman–Crippen MR) is 107 cm³/mol. The summed E-state index contributed by atoms with van der Waals surface area (Å²) in [6, 6.07) is 12.0. The fraction of sp³-hybridized carbons (Fsp3) is 0.182. The number of aliphatic hydroxyl groups is 1. The topological polar surface area (TPSA) is 70.8 Å². The summed E-state index contributed by atoms with van der Waals surface area (Å²) in [4.78, 5) is 28.1. The first-order valence-electron chi connectivity index (χ1n) is 8.89. The Bertz CT molecular complexity index is 1060. The largest absolute Gasteiger partial charge is 0.507 e. The molecule has 1 unspecified atom stereocenters. The summed E-state index contributed by atoms with van der Waals surface area (Å²) in [5, 5.41) is 12.9.